The molecule has 2 fully saturated rings. The zero-order valence-corrected chi connectivity index (χ0v) is 15.6. The molecule has 1 saturated heterocycles. The van der Waals surface area contributed by atoms with Crippen LogP contribution in [0.2, 0.25) is 0 Å². The number of hydrogen-bond acceptors (Lipinski definition) is 5. The predicted molar refractivity (Wildman–Crippen MR) is 99.7 cm³/mol. The Morgan fingerprint density at radius 3 is 2.92 bits per heavy atom. The first-order valence-corrected chi connectivity index (χ1v) is 9.76. The van der Waals surface area contributed by atoms with E-state index in [1.165, 1.54) is 25.7 Å². The number of hydrogen-bond donors (Lipinski definition) is 1. The molecular formula is C20H30N2O4. The SMILES string of the molecule is C[C@H]1CC[C@@H](COc2cncc(N3CCO[C@@H](CCC(=O)O)C3)c2)CC1. The summed E-state index contributed by atoms with van der Waals surface area (Å²) in [6.45, 7) is 5.18. The standard InChI is InChI=1S/C20H30N2O4/c1-15-2-4-16(5-3-15)14-26-19-10-17(11-21-12-19)22-8-9-25-18(13-22)6-7-20(23)24/h10-12,15-16,18H,2-9,13-14H2,1H3,(H,23,24)/t15-,16+,18-/m0/s1. The van der Waals surface area contributed by atoms with Crippen LogP contribution in [-0.2, 0) is 9.53 Å². The van der Waals surface area contributed by atoms with Crippen LogP contribution in [0, 0.1) is 11.8 Å². The van der Waals surface area contributed by atoms with Gasteiger partial charge >= 0.3 is 5.97 Å². The van der Waals surface area contributed by atoms with Gasteiger partial charge in [-0.25, -0.2) is 0 Å². The molecule has 6 nitrogen and oxygen atoms in total. The minimum Gasteiger partial charge on any atom is -0.492 e. The summed E-state index contributed by atoms with van der Waals surface area (Å²) in [5.74, 6) is 1.54. The highest BCUT2D eigenvalue weighted by Gasteiger charge is 2.22. The summed E-state index contributed by atoms with van der Waals surface area (Å²) in [7, 11) is 0. The van der Waals surface area contributed by atoms with Crippen LogP contribution >= 0.6 is 0 Å². The number of rotatable bonds is 7. The van der Waals surface area contributed by atoms with Gasteiger partial charge in [-0.05, 0) is 31.1 Å². The Morgan fingerprint density at radius 1 is 1.35 bits per heavy atom. The highest BCUT2D eigenvalue weighted by Crippen LogP contribution is 2.29. The molecule has 0 spiro atoms. The lowest BCUT2D eigenvalue weighted by atomic mass is 9.83. The van der Waals surface area contributed by atoms with Gasteiger partial charge in [-0.2, -0.15) is 0 Å². The van der Waals surface area contributed by atoms with E-state index in [2.05, 4.69) is 16.8 Å². The van der Waals surface area contributed by atoms with E-state index in [9.17, 15) is 4.79 Å². The number of pyridine rings is 1. The first kappa shape index (κ1) is 19.0. The second-order valence-electron chi connectivity index (χ2n) is 7.69. The van der Waals surface area contributed by atoms with Crippen molar-refractivity contribution < 1.29 is 19.4 Å². The van der Waals surface area contributed by atoms with E-state index in [0.717, 1.165) is 30.5 Å². The normalized spacial score (nSPS) is 26.5. The number of aliphatic carboxylic acids is 1. The summed E-state index contributed by atoms with van der Waals surface area (Å²) in [6.07, 6.45) is 9.36. The quantitative estimate of drug-likeness (QED) is 0.802. The number of morpholine rings is 1. The molecule has 3 rings (SSSR count). The number of ether oxygens (including phenoxy) is 2. The van der Waals surface area contributed by atoms with Gasteiger partial charge in [0, 0.05) is 25.6 Å². The molecule has 0 aromatic carbocycles. The topological polar surface area (TPSA) is 71.9 Å². The van der Waals surface area contributed by atoms with Crippen molar-refractivity contribution in [3.63, 3.8) is 0 Å². The van der Waals surface area contributed by atoms with E-state index in [4.69, 9.17) is 14.6 Å². The Bertz CT molecular complexity index is 587. The molecule has 1 N–H and O–H groups in total. The highest BCUT2D eigenvalue weighted by atomic mass is 16.5. The van der Waals surface area contributed by atoms with Crippen LogP contribution in [0.1, 0.15) is 45.4 Å². The summed E-state index contributed by atoms with van der Waals surface area (Å²) in [6, 6.07) is 2.04. The maximum absolute atomic E-state index is 10.8. The minimum atomic E-state index is -0.778. The second-order valence-corrected chi connectivity index (χ2v) is 7.69. The summed E-state index contributed by atoms with van der Waals surface area (Å²) in [5, 5.41) is 8.85. The van der Waals surface area contributed by atoms with Crippen molar-refractivity contribution in [1.29, 1.82) is 0 Å². The monoisotopic (exact) mass is 362 g/mol. The Kier molecular flexibility index (Phi) is 6.72. The fraction of sp³-hybridized carbons (Fsp3) is 0.700. The second kappa shape index (κ2) is 9.21. The third-order valence-electron chi connectivity index (χ3n) is 5.50. The van der Waals surface area contributed by atoms with Crippen molar-refractivity contribution >= 4 is 11.7 Å². The van der Waals surface area contributed by atoms with Gasteiger partial charge in [-0.3, -0.25) is 9.78 Å². The number of anilines is 1. The average molecular weight is 362 g/mol. The molecule has 0 radical (unpaired) electrons. The zero-order valence-electron chi connectivity index (χ0n) is 15.6. The molecule has 0 unspecified atom stereocenters. The van der Waals surface area contributed by atoms with Crippen LogP contribution in [0.4, 0.5) is 5.69 Å². The van der Waals surface area contributed by atoms with Crippen molar-refractivity contribution in [3.8, 4) is 5.75 Å². The van der Waals surface area contributed by atoms with E-state index in [1.807, 2.05) is 12.3 Å². The van der Waals surface area contributed by atoms with Crippen LogP contribution in [-0.4, -0.2) is 48.5 Å². The van der Waals surface area contributed by atoms with Gasteiger partial charge in [0.1, 0.15) is 5.75 Å². The van der Waals surface area contributed by atoms with Gasteiger partial charge in [0.2, 0.25) is 0 Å². The predicted octanol–water partition coefficient (Wildman–Crippen LogP) is 3.36. The van der Waals surface area contributed by atoms with E-state index >= 15 is 0 Å². The first-order valence-electron chi connectivity index (χ1n) is 9.76. The van der Waals surface area contributed by atoms with Gasteiger partial charge in [0.05, 0.1) is 37.4 Å². The van der Waals surface area contributed by atoms with Crippen molar-refractivity contribution in [3.05, 3.63) is 18.5 Å². The number of carboxylic acid groups (broad SMARTS) is 1. The van der Waals surface area contributed by atoms with Crippen LogP contribution in [0.5, 0.6) is 5.75 Å². The lowest BCUT2D eigenvalue weighted by Crippen LogP contribution is -2.42. The minimum absolute atomic E-state index is 0.0475. The molecule has 26 heavy (non-hydrogen) atoms. The fourth-order valence-electron chi connectivity index (χ4n) is 3.78. The molecule has 6 heteroatoms. The van der Waals surface area contributed by atoms with Gasteiger partial charge in [0.15, 0.2) is 0 Å². The summed E-state index contributed by atoms with van der Waals surface area (Å²) in [5.41, 5.74) is 1.02. The summed E-state index contributed by atoms with van der Waals surface area (Å²) >= 11 is 0. The smallest absolute Gasteiger partial charge is 0.303 e. The Labute approximate surface area is 155 Å². The van der Waals surface area contributed by atoms with E-state index in [0.29, 0.717) is 25.5 Å². The molecule has 144 valence electrons. The molecule has 1 aliphatic heterocycles. The molecule has 0 amide bonds. The van der Waals surface area contributed by atoms with Crippen LogP contribution in [0.3, 0.4) is 0 Å². The van der Waals surface area contributed by atoms with E-state index in [-0.39, 0.29) is 12.5 Å². The lowest BCUT2D eigenvalue weighted by molar-refractivity contribution is -0.137. The van der Waals surface area contributed by atoms with Gasteiger partial charge in [0.25, 0.3) is 0 Å². The fourth-order valence-corrected chi connectivity index (χ4v) is 3.78. The lowest BCUT2D eigenvalue weighted by Gasteiger charge is -2.34. The van der Waals surface area contributed by atoms with E-state index < -0.39 is 5.97 Å². The van der Waals surface area contributed by atoms with Crippen molar-refractivity contribution in [1.82, 2.24) is 4.98 Å². The van der Waals surface area contributed by atoms with Crippen molar-refractivity contribution in [2.75, 3.05) is 31.2 Å². The highest BCUT2D eigenvalue weighted by molar-refractivity contribution is 5.66. The molecule has 1 saturated carbocycles. The van der Waals surface area contributed by atoms with Gasteiger partial charge in [-0.1, -0.05) is 19.8 Å². The summed E-state index contributed by atoms with van der Waals surface area (Å²) < 4.78 is 11.7. The Balaban J connectivity index is 1.52. The molecule has 0 bridgehead atoms. The molecule has 1 aromatic heterocycles. The van der Waals surface area contributed by atoms with Crippen molar-refractivity contribution in [2.24, 2.45) is 11.8 Å². The third-order valence-corrected chi connectivity index (χ3v) is 5.50. The molecular weight excluding hydrogens is 332 g/mol. The molecule has 1 aliphatic carbocycles. The zero-order chi connectivity index (χ0) is 18.4. The third kappa shape index (κ3) is 5.59. The maximum Gasteiger partial charge on any atom is 0.303 e. The Morgan fingerprint density at radius 2 is 2.15 bits per heavy atom. The maximum atomic E-state index is 10.8. The Hall–Kier alpha value is -1.82. The molecule has 2 heterocycles. The van der Waals surface area contributed by atoms with Gasteiger partial charge in [-0.15, -0.1) is 0 Å². The summed E-state index contributed by atoms with van der Waals surface area (Å²) in [4.78, 5) is 17.3. The van der Waals surface area contributed by atoms with Gasteiger partial charge < -0.3 is 19.5 Å². The first-order chi connectivity index (χ1) is 12.6. The number of carboxylic acids is 1. The van der Waals surface area contributed by atoms with Crippen LogP contribution in [0.25, 0.3) is 0 Å². The van der Waals surface area contributed by atoms with Crippen molar-refractivity contribution in [2.45, 2.75) is 51.6 Å². The van der Waals surface area contributed by atoms with Crippen LogP contribution < -0.4 is 9.64 Å². The largest absolute Gasteiger partial charge is 0.492 e. The van der Waals surface area contributed by atoms with Crippen LogP contribution in [0.15, 0.2) is 18.5 Å². The average Bonchev–Trinajstić information content (AvgIpc) is 2.66. The number of aromatic nitrogens is 1. The molecule has 1 atom stereocenters. The van der Waals surface area contributed by atoms with E-state index in [1.54, 1.807) is 6.20 Å². The number of nitrogens with zero attached hydrogens (tertiary/aromatic N) is 2. The number of carbonyl (C=O) groups is 1. The molecule has 1 aromatic rings. The molecule has 2 aliphatic rings.